The van der Waals surface area contributed by atoms with Crippen LogP contribution in [0.15, 0.2) is 71.9 Å². The highest BCUT2D eigenvalue weighted by atomic mass is 32.2. The summed E-state index contributed by atoms with van der Waals surface area (Å²) in [6, 6.07) is 16.2. The molecule has 0 N–H and O–H groups in total. The van der Waals surface area contributed by atoms with Gasteiger partial charge in [-0.1, -0.05) is 17.7 Å². The van der Waals surface area contributed by atoms with Crippen LogP contribution in [0, 0.1) is 6.92 Å². The lowest BCUT2D eigenvalue weighted by molar-refractivity contribution is 0.261. The number of fused-ring (bicyclic) bond motifs is 3. The van der Waals surface area contributed by atoms with Crippen LogP contribution in [0.25, 0.3) is 33.2 Å². The van der Waals surface area contributed by atoms with Crippen LogP contribution in [0.3, 0.4) is 0 Å². The molecule has 35 heavy (non-hydrogen) atoms. The van der Waals surface area contributed by atoms with E-state index in [1.165, 1.54) is 3.97 Å². The number of hydrogen-bond donors (Lipinski definition) is 0. The molecule has 5 rings (SSSR count). The molecule has 9 heteroatoms. The van der Waals surface area contributed by atoms with Crippen molar-refractivity contribution in [2.24, 2.45) is 7.05 Å². The summed E-state index contributed by atoms with van der Waals surface area (Å²) in [5, 5.41) is 5.91. The van der Waals surface area contributed by atoms with E-state index in [1.807, 2.05) is 58.4 Å². The molecule has 2 aromatic carbocycles. The Morgan fingerprint density at radius 1 is 1.00 bits per heavy atom. The van der Waals surface area contributed by atoms with E-state index in [0.717, 1.165) is 39.7 Å². The highest BCUT2D eigenvalue weighted by Gasteiger charge is 2.26. The third-order valence-corrected chi connectivity index (χ3v) is 7.72. The lowest BCUT2D eigenvalue weighted by atomic mass is 10.1. The zero-order valence-corrected chi connectivity index (χ0v) is 21.0. The molecule has 5 aromatic rings. The van der Waals surface area contributed by atoms with Gasteiger partial charge in [-0.3, -0.25) is 4.68 Å². The number of ether oxygens (including phenoxy) is 1. The topological polar surface area (TPSA) is 82.2 Å². The molecule has 0 bridgehead atoms. The Labute approximate surface area is 204 Å². The van der Waals surface area contributed by atoms with Gasteiger partial charge < -0.3 is 9.64 Å². The fourth-order valence-electron chi connectivity index (χ4n) is 4.12. The average Bonchev–Trinajstić information content (AvgIpc) is 3.40. The molecule has 8 nitrogen and oxygen atoms in total. The maximum absolute atomic E-state index is 13.9. The summed E-state index contributed by atoms with van der Waals surface area (Å²) in [5.41, 5.74) is 3.46. The molecule has 0 spiro atoms. The predicted molar refractivity (Wildman–Crippen MR) is 137 cm³/mol. The molecular weight excluding hydrogens is 462 g/mol. The Balaban J connectivity index is 1.69. The molecule has 3 heterocycles. The first-order chi connectivity index (χ1) is 16.8. The van der Waals surface area contributed by atoms with Gasteiger partial charge in [0.15, 0.2) is 5.65 Å². The number of nitrogens with zero attached hydrogens (tertiary/aromatic N) is 5. The second-order valence-electron chi connectivity index (χ2n) is 8.86. The number of aryl methyl sites for hydroxylation is 2. The van der Waals surface area contributed by atoms with Crippen LogP contribution >= 0.6 is 0 Å². The largest absolute Gasteiger partial charge is 0.492 e. The third kappa shape index (κ3) is 4.17. The van der Waals surface area contributed by atoms with E-state index in [-0.39, 0.29) is 4.90 Å². The van der Waals surface area contributed by atoms with E-state index in [2.05, 4.69) is 15.0 Å². The first-order valence-electron chi connectivity index (χ1n) is 11.3. The molecule has 0 atom stereocenters. The first kappa shape index (κ1) is 23.1. The van der Waals surface area contributed by atoms with Crippen molar-refractivity contribution in [2.45, 2.75) is 11.8 Å². The van der Waals surface area contributed by atoms with Crippen molar-refractivity contribution in [2.75, 3.05) is 27.2 Å². The zero-order chi connectivity index (χ0) is 24.7. The Kier molecular flexibility index (Phi) is 5.82. The van der Waals surface area contributed by atoms with Crippen molar-refractivity contribution >= 4 is 32.0 Å². The normalized spacial score (nSPS) is 12.1. The molecular formula is C26H27N5O3S. The predicted octanol–water partition coefficient (Wildman–Crippen LogP) is 4.08. The minimum Gasteiger partial charge on any atom is -0.492 e. The van der Waals surface area contributed by atoms with Crippen LogP contribution in [0.4, 0.5) is 0 Å². The van der Waals surface area contributed by atoms with E-state index in [4.69, 9.17) is 4.74 Å². The van der Waals surface area contributed by atoms with E-state index in [9.17, 15) is 8.42 Å². The molecule has 0 aliphatic carbocycles. The number of rotatable bonds is 7. The number of pyridine rings is 1. The molecule has 0 saturated carbocycles. The van der Waals surface area contributed by atoms with E-state index in [0.29, 0.717) is 17.9 Å². The van der Waals surface area contributed by atoms with Crippen LogP contribution in [0.2, 0.25) is 0 Å². The Morgan fingerprint density at radius 3 is 2.40 bits per heavy atom. The maximum atomic E-state index is 13.9. The molecule has 0 aliphatic rings. The highest BCUT2D eigenvalue weighted by molar-refractivity contribution is 7.90. The molecule has 0 unspecified atom stereocenters. The summed E-state index contributed by atoms with van der Waals surface area (Å²) >= 11 is 0. The van der Waals surface area contributed by atoms with Crippen LogP contribution in [0.5, 0.6) is 5.75 Å². The second kappa shape index (κ2) is 8.83. The van der Waals surface area contributed by atoms with Crippen LogP contribution in [-0.2, 0) is 17.1 Å². The van der Waals surface area contributed by atoms with Gasteiger partial charge in [0.1, 0.15) is 12.4 Å². The van der Waals surface area contributed by atoms with Gasteiger partial charge >= 0.3 is 0 Å². The summed E-state index contributed by atoms with van der Waals surface area (Å²) in [6.45, 7) is 3.30. The lowest BCUT2D eigenvalue weighted by Crippen LogP contribution is -2.19. The van der Waals surface area contributed by atoms with Gasteiger partial charge in [0.05, 0.1) is 22.3 Å². The van der Waals surface area contributed by atoms with Crippen LogP contribution < -0.4 is 4.74 Å². The SMILES string of the molecule is Cc1ccc(S(=O)(=O)n2c(-c3ccc(OCCN(C)C)cc3)cc3c4c(cnc32)cnn4C)cc1. The van der Waals surface area contributed by atoms with Gasteiger partial charge in [0.2, 0.25) is 0 Å². The number of likely N-dealkylation sites (N-methyl/N-ethyl adjacent to an activating group) is 1. The molecule has 0 amide bonds. The van der Waals surface area contributed by atoms with Crippen molar-refractivity contribution in [3.63, 3.8) is 0 Å². The number of aromatic nitrogens is 4. The fourth-order valence-corrected chi connectivity index (χ4v) is 5.60. The van der Waals surface area contributed by atoms with Crippen LogP contribution in [0.1, 0.15) is 5.56 Å². The van der Waals surface area contributed by atoms with Crippen molar-refractivity contribution < 1.29 is 13.2 Å². The van der Waals surface area contributed by atoms with Crippen molar-refractivity contribution in [1.29, 1.82) is 0 Å². The minimum absolute atomic E-state index is 0.206. The quantitative estimate of drug-likeness (QED) is 0.343. The van der Waals surface area contributed by atoms with Gasteiger partial charge in [-0.15, -0.1) is 0 Å². The van der Waals surface area contributed by atoms with Gasteiger partial charge in [-0.2, -0.15) is 5.10 Å². The highest BCUT2D eigenvalue weighted by Crippen LogP contribution is 2.35. The Bertz CT molecular complexity index is 1620. The third-order valence-electron chi connectivity index (χ3n) is 6.00. The fraction of sp³-hybridized carbons (Fsp3) is 0.231. The summed E-state index contributed by atoms with van der Waals surface area (Å²) in [5.74, 6) is 0.729. The Hall–Kier alpha value is -3.69. The first-order valence-corrected chi connectivity index (χ1v) is 12.7. The zero-order valence-electron chi connectivity index (χ0n) is 20.1. The standard InChI is InChI=1S/C26H27N5O3S/c1-18-5-11-22(12-6-18)35(32,33)31-24(19-7-9-21(10-8-19)34-14-13-29(2)3)15-23-25-20(16-27-26(23)31)17-28-30(25)4/h5-12,15-17H,13-14H2,1-4H3. The molecule has 0 radical (unpaired) electrons. The van der Waals surface area contributed by atoms with E-state index < -0.39 is 10.0 Å². The molecule has 0 fully saturated rings. The van der Waals surface area contributed by atoms with Crippen molar-refractivity contribution in [3.8, 4) is 17.0 Å². The molecule has 0 aliphatic heterocycles. The summed E-state index contributed by atoms with van der Waals surface area (Å²) in [6.07, 6.45) is 3.39. The van der Waals surface area contributed by atoms with Gasteiger partial charge in [-0.05, 0) is 69.0 Å². The van der Waals surface area contributed by atoms with Gasteiger partial charge in [-0.25, -0.2) is 17.4 Å². The van der Waals surface area contributed by atoms with Crippen molar-refractivity contribution in [1.82, 2.24) is 23.6 Å². The minimum atomic E-state index is -3.93. The molecule has 0 saturated heterocycles. The smallest absolute Gasteiger partial charge is 0.269 e. The van der Waals surface area contributed by atoms with E-state index >= 15 is 0 Å². The second-order valence-corrected chi connectivity index (χ2v) is 10.6. The molecule has 180 valence electrons. The van der Waals surface area contributed by atoms with Crippen molar-refractivity contribution in [3.05, 3.63) is 72.6 Å². The van der Waals surface area contributed by atoms with Crippen LogP contribution in [-0.4, -0.2) is 59.3 Å². The average molecular weight is 490 g/mol. The molecule has 3 aromatic heterocycles. The number of benzene rings is 2. The maximum Gasteiger partial charge on any atom is 0.269 e. The number of hydrogen-bond acceptors (Lipinski definition) is 6. The monoisotopic (exact) mass is 489 g/mol. The van der Waals surface area contributed by atoms with Gasteiger partial charge in [0.25, 0.3) is 10.0 Å². The summed E-state index contributed by atoms with van der Waals surface area (Å²) in [4.78, 5) is 6.81. The Morgan fingerprint density at radius 2 is 1.71 bits per heavy atom. The van der Waals surface area contributed by atoms with Gasteiger partial charge in [0, 0.05) is 30.6 Å². The van der Waals surface area contributed by atoms with E-state index in [1.54, 1.807) is 41.3 Å². The lowest BCUT2D eigenvalue weighted by Gasteiger charge is -2.13. The summed E-state index contributed by atoms with van der Waals surface area (Å²) < 4.78 is 36.7. The summed E-state index contributed by atoms with van der Waals surface area (Å²) in [7, 11) is 1.90.